The molecule has 1 aromatic carbocycles. The smallest absolute Gasteiger partial charge is 0.179 e. The van der Waals surface area contributed by atoms with Crippen LogP contribution in [-0.4, -0.2) is 28.7 Å². The minimum Gasteiger partial charge on any atom is -0.373 e. The number of piperidine rings is 1. The summed E-state index contributed by atoms with van der Waals surface area (Å²) in [5.74, 6) is 1.30. The summed E-state index contributed by atoms with van der Waals surface area (Å²) in [4.78, 5) is 1.81. The summed E-state index contributed by atoms with van der Waals surface area (Å²) in [7, 11) is 0. The van der Waals surface area contributed by atoms with Gasteiger partial charge in [-0.05, 0) is 44.7 Å². The van der Waals surface area contributed by atoms with Crippen molar-refractivity contribution in [1.29, 1.82) is 5.26 Å². The van der Waals surface area contributed by atoms with Crippen molar-refractivity contribution in [3.8, 4) is 17.5 Å². The molecular formula is C20H21Cl2N3O2. The predicted molar refractivity (Wildman–Crippen MR) is 104 cm³/mol. The number of ether oxygens (including phenoxy) is 1. The van der Waals surface area contributed by atoms with Crippen molar-refractivity contribution in [3.63, 3.8) is 0 Å². The SMILES string of the molecule is C[C@@H]1C[C@H](OCc2c(-c3c(Cl)cccc3Cl)noc2C2CC2)CCN1C#N. The number of halogens is 2. The summed E-state index contributed by atoms with van der Waals surface area (Å²) in [6, 6.07) is 5.61. The Morgan fingerprint density at radius 3 is 2.67 bits per heavy atom. The summed E-state index contributed by atoms with van der Waals surface area (Å²) < 4.78 is 11.9. The van der Waals surface area contributed by atoms with Crippen LogP contribution < -0.4 is 0 Å². The molecule has 0 spiro atoms. The summed E-state index contributed by atoms with van der Waals surface area (Å²) in [5, 5.41) is 14.5. The average molecular weight is 406 g/mol. The van der Waals surface area contributed by atoms with E-state index in [2.05, 4.69) is 18.3 Å². The third-order valence-corrected chi connectivity index (χ3v) is 6.02. The predicted octanol–water partition coefficient (Wildman–Crippen LogP) is 5.38. The topological polar surface area (TPSA) is 62.3 Å². The summed E-state index contributed by atoms with van der Waals surface area (Å²) >= 11 is 12.8. The zero-order valence-electron chi connectivity index (χ0n) is 15.1. The number of hydrogen-bond donors (Lipinski definition) is 0. The summed E-state index contributed by atoms with van der Waals surface area (Å²) in [5.41, 5.74) is 2.32. The van der Waals surface area contributed by atoms with Crippen molar-refractivity contribution in [3.05, 3.63) is 39.6 Å². The second-order valence-corrected chi connectivity index (χ2v) is 8.16. The molecular weight excluding hydrogens is 385 g/mol. The van der Waals surface area contributed by atoms with Crippen molar-refractivity contribution >= 4 is 23.2 Å². The number of likely N-dealkylation sites (tertiary alicyclic amines) is 1. The van der Waals surface area contributed by atoms with E-state index in [1.54, 1.807) is 12.1 Å². The molecule has 1 aromatic heterocycles. The van der Waals surface area contributed by atoms with Gasteiger partial charge in [-0.3, -0.25) is 0 Å². The Balaban J connectivity index is 1.57. The lowest BCUT2D eigenvalue weighted by Crippen LogP contribution is -2.40. The van der Waals surface area contributed by atoms with E-state index < -0.39 is 0 Å². The Hall–Kier alpha value is -1.74. The molecule has 27 heavy (non-hydrogen) atoms. The van der Waals surface area contributed by atoms with E-state index in [4.69, 9.17) is 37.7 Å². The Morgan fingerprint density at radius 2 is 2.04 bits per heavy atom. The highest BCUT2D eigenvalue weighted by Gasteiger charge is 2.34. The highest BCUT2D eigenvalue weighted by Crippen LogP contribution is 2.46. The Morgan fingerprint density at radius 1 is 1.30 bits per heavy atom. The Bertz CT molecular complexity index is 852. The third-order valence-electron chi connectivity index (χ3n) is 5.39. The van der Waals surface area contributed by atoms with E-state index in [1.807, 2.05) is 11.0 Å². The Labute approximate surface area is 168 Å². The van der Waals surface area contributed by atoms with Gasteiger partial charge in [-0.15, -0.1) is 0 Å². The van der Waals surface area contributed by atoms with Crippen LogP contribution in [0.4, 0.5) is 0 Å². The van der Waals surface area contributed by atoms with Crippen LogP contribution in [0.2, 0.25) is 10.0 Å². The molecule has 2 aromatic rings. The monoisotopic (exact) mass is 405 g/mol. The van der Waals surface area contributed by atoms with Gasteiger partial charge in [-0.2, -0.15) is 5.26 Å². The molecule has 0 bridgehead atoms. The van der Waals surface area contributed by atoms with Crippen LogP contribution in [0.25, 0.3) is 11.3 Å². The molecule has 2 heterocycles. The molecule has 1 saturated carbocycles. The lowest BCUT2D eigenvalue weighted by atomic mass is 10.0. The molecule has 2 aliphatic rings. The number of aromatic nitrogens is 1. The van der Waals surface area contributed by atoms with Gasteiger partial charge >= 0.3 is 0 Å². The van der Waals surface area contributed by atoms with E-state index in [-0.39, 0.29) is 12.1 Å². The van der Waals surface area contributed by atoms with Gasteiger partial charge in [0.2, 0.25) is 0 Å². The Kier molecular flexibility index (Phi) is 5.32. The maximum atomic E-state index is 9.14. The number of rotatable bonds is 5. The first-order valence-corrected chi connectivity index (χ1v) is 10.0. The zero-order valence-corrected chi connectivity index (χ0v) is 16.6. The van der Waals surface area contributed by atoms with Crippen LogP contribution in [0.5, 0.6) is 0 Å². The molecule has 142 valence electrons. The van der Waals surface area contributed by atoms with Crippen LogP contribution >= 0.6 is 23.2 Å². The number of benzene rings is 1. The standard InChI is InChI=1S/C20H21Cl2N3O2/c1-12-9-14(7-8-25(12)11-23)26-10-15-19(24-27-20(15)13-5-6-13)18-16(21)3-2-4-17(18)22/h2-4,12-14H,5-10H2,1H3/t12-,14-/m1/s1. The molecule has 4 rings (SSSR count). The second kappa shape index (κ2) is 7.71. The van der Waals surface area contributed by atoms with Crippen molar-refractivity contribution in [2.45, 2.75) is 57.3 Å². The molecule has 0 amide bonds. The highest BCUT2D eigenvalue weighted by atomic mass is 35.5. The minimum absolute atomic E-state index is 0.112. The first-order valence-electron chi connectivity index (χ1n) is 9.29. The fraction of sp³-hybridized carbons (Fsp3) is 0.500. The van der Waals surface area contributed by atoms with E-state index in [9.17, 15) is 0 Å². The van der Waals surface area contributed by atoms with Gasteiger partial charge < -0.3 is 14.2 Å². The van der Waals surface area contributed by atoms with Gasteiger partial charge in [-0.1, -0.05) is 34.4 Å². The highest BCUT2D eigenvalue weighted by molar-refractivity contribution is 6.39. The molecule has 2 fully saturated rings. The van der Waals surface area contributed by atoms with Crippen molar-refractivity contribution in [2.75, 3.05) is 6.54 Å². The van der Waals surface area contributed by atoms with Gasteiger partial charge in [0.25, 0.3) is 0 Å². The average Bonchev–Trinajstić information content (AvgIpc) is 3.41. The minimum atomic E-state index is 0.112. The molecule has 1 aliphatic carbocycles. The quantitative estimate of drug-likeness (QED) is 0.624. The maximum absolute atomic E-state index is 9.14. The van der Waals surface area contributed by atoms with E-state index in [0.717, 1.165) is 43.6 Å². The molecule has 7 heteroatoms. The van der Waals surface area contributed by atoms with Gasteiger partial charge in [0.1, 0.15) is 11.5 Å². The van der Waals surface area contributed by atoms with Crippen molar-refractivity contribution in [1.82, 2.24) is 10.1 Å². The fourth-order valence-electron chi connectivity index (χ4n) is 3.68. The van der Waals surface area contributed by atoms with Crippen LogP contribution in [0.3, 0.4) is 0 Å². The number of nitriles is 1. The lowest BCUT2D eigenvalue weighted by Gasteiger charge is -2.33. The molecule has 0 N–H and O–H groups in total. The number of nitrogens with zero attached hydrogens (tertiary/aromatic N) is 3. The zero-order chi connectivity index (χ0) is 19.0. The van der Waals surface area contributed by atoms with Gasteiger partial charge in [0.05, 0.1) is 22.8 Å². The molecule has 1 aliphatic heterocycles. The molecule has 0 unspecified atom stereocenters. The lowest BCUT2D eigenvalue weighted by molar-refractivity contribution is -0.00820. The van der Waals surface area contributed by atoms with Gasteiger partial charge in [0, 0.05) is 29.6 Å². The van der Waals surface area contributed by atoms with Gasteiger partial charge in [0.15, 0.2) is 6.19 Å². The molecule has 5 nitrogen and oxygen atoms in total. The molecule has 1 saturated heterocycles. The van der Waals surface area contributed by atoms with Crippen LogP contribution in [0, 0.1) is 11.5 Å². The van der Waals surface area contributed by atoms with Crippen LogP contribution in [0.15, 0.2) is 22.7 Å². The maximum Gasteiger partial charge on any atom is 0.179 e. The van der Waals surface area contributed by atoms with E-state index in [1.165, 1.54) is 0 Å². The first-order chi connectivity index (χ1) is 13.1. The summed E-state index contributed by atoms with van der Waals surface area (Å²) in [6.45, 7) is 3.20. The van der Waals surface area contributed by atoms with Crippen LogP contribution in [0.1, 0.15) is 49.8 Å². The molecule has 0 radical (unpaired) electrons. The summed E-state index contributed by atoms with van der Waals surface area (Å²) in [6.07, 6.45) is 6.24. The van der Waals surface area contributed by atoms with E-state index in [0.29, 0.717) is 33.8 Å². The fourth-order valence-corrected chi connectivity index (χ4v) is 4.25. The van der Waals surface area contributed by atoms with Gasteiger partial charge in [-0.25, -0.2) is 0 Å². The molecule has 2 atom stereocenters. The van der Waals surface area contributed by atoms with Crippen molar-refractivity contribution in [2.24, 2.45) is 0 Å². The largest absolute Gasteiger partial charge is 0.373 e. The second-order valence-electron chi connectivity index (χ2n) is 7.34. The van der Waals surface area contributed by atoms with Crippen molar-refractivity contribution < 1.29 is 9.26 Å². The van der Waals surface area contributed by atoms with Crippen LogP contribution in [-0.2, 0) is 11.3 Å². The normalized spacial score (nSPS) is 22.7. The first kappa shape index (κ1) is 18.6. The van der Waals surface area contributed by atoms with E-state index >= 15 is 0 Å². The third kappa shape index (κ3) is 3.80. The number of hydrogen-bond acceptors (Lipinski definition) is 5.